The number of hydrogen-bond donors (Lipinski definition) is 1. The van der Waals surface area contributed by atoms with E-state index in [2.05, 4.69) is 9.97 Å². The van der Waals surface area contributed by atoms with Crippen molar-refractivity contribution in [1.82, 2.24) is 14.9 Å². The maximum absolute atomic E-state index is 11.7. The second-order valence-electron chi connectivity index (χ2n) is 4.35. The van der Waals surface area contributed by atoms with Gasteiger partial charge in [0.05, 0.1) is 11.7 Å². The van der Waals surface area contributed by atoms with Crippen LogP contribution in [0.5, 0.6) is 0 Å². The van der Waals surface area contributed by atoms with Crippen molar-refractivity contribution < 1.29 is 9.90 Å². The molecule has 1 saturated heterocycles. The molecule has 1 atom stereocenters. The van der Waals surface area contributed by atoms with E-state index in [1.807, 2.05) is 6.92 Å². The molecule has 1 aliphatic rings. The van der Waals surface area contributed by atoms with Gasteiger partial charge in [-0.3, -0.25) is 4.79 Å². The standard InChI is InChI=1S/C12H17N3O2/c1-9-6-13-8-14-12(9)10-4-2-3-5-15(10)11(17)7-16/h6,8,10,16H,2-5,7H2,1H3/t10-/m0/s1. The van der Waals surface area contributed by atoms with Gasteiger partial charge in [-0.15, -0.1) is 0 Å². The Morgan fingerprint density at radius 3 is 3.12 bits per heavy atom. The van der Waals surface area contributed by atoms with Crippen LogP contribution in [0.1, 0.15) is 36.6 Å². The highest BCUT2D eigenvalue weighted by molar-refractivity contribution is 5.77. The number of piperidine rings is 1. The van der Waals surface area contributed by atoms with E-state index in [1.165, 1.54) is 6.33 Å². The topological polar surface area (TPSA) is 66.3 Å². The van der Waals surface area contributed by atoms with Crippen LogP contribution in [-0.4, -0.2) is 39.0 Å². The number of hydrogen-bond acceptors (Lipinski definition) is 4. The molecular weight excluding hydrogens is 218 g/mol. The van der Waals surface area contributed by atoms with Crippen molar-refractivity contribution in [2.75, 3.05) is 13.2 Å². The van der Waals surface area contributed by atoms with E-state index in [9.17, 15) is 4.79 Å². The Labute approximate surface area is 100 Å². The lowest BCUT2D eigenvalue weighted by atomic mass is 9.97. The lowest BCUT2D eigenvalue weighted by molar-refractivity contribution is -0.138. The Morgan fingerprint density at radius 1 is 1.59 bits per heavy atom. The number of amides is 1. The van der Waals surface area contributed by atoms with Crippen molar-refractivity contribution in [3.63, 3.8) is 0 Å². The van der Waals surface area contributed by atoms with E-state index in [0.29, 0.717) is 6.54 Å². The average Bonchev–Trinajstić information content (AvgIpc) is 2.38. The summed E-state index contributed by atoms with van der Waals surface area (Å²) >= 11 is 0. The number of rotatable bonds is 2. The van der Waals surface area contributed by atoms with Crippen molar-refractivity contribution in [3.8, 4) is 0 Å². The maximum Gasteiger partial charge on any atom is 0.248 e. The molecule has 0 radical (unpaired) electrons. The summed E-state index contributed by atoms with van der Waals surface area (Å²) in [6, 6.07) is -0.00796. The Balaban J connectivity index is 2.28. The molecule has 0 aromatic carbocycles. The van der Waals surface area contributed by atoms with Gasteiger partial charge in [0.15, 0.2) is 0 Å². The first kappa shape index (κ1) is 12.0. The van der Waals surface area contributed by atoms with E-state index in [4.69, 9.17) is 5.11 Å². The Morgan fingerprint density at radius 2 is 2.41 bits per heavy atom. The number of nitrogens with zero attached hydrogens (tertiary/aromatic N) is 3. The molecule has 1 fully saturated rings. The third kappa shape index (κ3) is 2.44. The Bertz CT molecular complexity index is 408. The highest BCUT2D eigenvalue weighted by Gasteiger charge is 2.29. The molecule has 1 amide bonds. The molecule has 0 aliphatic carbocycles. The number of carbonyl (C=O) groups excluding carboxylic acids is 1. The van der Waals surface area contributed by atoms with Crippen LogP contribution in [-0.2, 0) is 4.79 Å². The fraction of sp³-hybridized carbons (Fsp3) is 0.583. The molecule has 92 valence electrons. The third-order valence-electron chi connectivity index (χ3n) is 3.21. The lowest BCUT2D eigenvalue weighted by Gasteiger charge is -2.35. The molecule has 1 aromatic heterocycles. The van der Waals surface area contributed by atoms with Crippen LogP contribution in [0.3, 0.4) is 0 Å². The summed E-state index contributed by atoms with van der Waals surface area (Å²) in [6.45, 7) is 2.22. The minimum absolute atomic E-state index is 0.00796. The van der Waals surface area contributed by atoms with Gasteiger partial charge in [-0.25, -0.2) is 9.97 Å². The molecule has 1 aliphatic heterocycles. The van der Waals surface area contributed by atoms with E-state index >= 15 is 0 Å². The summed E-state index contributed by atoms with van der Waals surface area (Å²) in [6.07, 6.45) is 6.26. The molecular formula is C12H17N3O2. The molecule has 5 heteroatoms. The normalized spacial score (nSPS) is 20.4. The zero-order valence-corrected chi connectivity index (χ0v) is 9.96. The number of aromatic nitrogens is 2. The van der Waals surface area contributed by atoms with Crippen molar-refractivity contribution in [3.05, 3.63) is 23.8 Å². The van der Waals surface area contributed by atoms with Crippen LogP contribution >= 0.6 is 0 Å². The SMILES string of the molecule is Cc1cncnc1[C@@H]1CCCCN1C(=O)CO. The summed E-state index contributed by atoms with van der Waals surface area (Å²) in [5.41, 5.74) is 1.90. The second kappa shape index (κ2) is 5.23. The fourth-order valence-corrected chi connectivity index (χ4v) is 2.36. The predicted molar refractivity (Wildman–Crippen MR) is 62.2 cm³/mol. The minimum atomic E-state index is -0.430. The first-order valence-electron chi connectivity index (χ1n) is 5.91. The Kier molecular flexibility index (Phi) is 3.68. The molecule has 5 nitrogen and oxygen atoms in total. The molecule has 1 N–H and O–H groups in total. The van der Waals surface area contributed by atoms with Gasteiger partial charge in [0, 0.05) is 12.7 Å². The highest BCUT2D eigenvalue weighted by atomic mass is 16.3. The van der Waals surface area contributed by atoms with Crippen LogP contribution in [0.25, 0.3) is 0 Å². The summed E-state index contributed by atoms with van der Waals surface area (Å²) in [5.74, 6) is -0.215. The van der Waals surface area contributed by atoms with Gasteiger partial charge in [0.2, 0.25) is 5.91 Å². The quantitative estimate of drug-likeness (QED) is 0.824. The summed E-state index contributed by atoms with van der Waals surface area (Å²) in [4.78, 5) is 21.7. The van der Waals surface area contributed by atoms with Gasteiger partial charge in [-0.2, -0.15) is 0 Å². The Hall–Kier alpha value is -1.49. The smallest absolute Gasteiger partial charge is 0.248 e. The lowest BCUT2D eigenvalue weighted by Crippen LogP contribution is -2.40. The number of aryl methyl sites for hydroxylation is 1. The van der Waals surface area contributed by atoms with Gasteiger partial charge < -0.3 is 10.0 Å². The molecule has 0 unspecified atom stereocenters. The maximum atomic E-state index is 11.7. The van der Waals surface area contributed by atoms with Gasteiger partial charge >= 0.3 is 0 Å². The van der Waals surface area contributed by atoms with Crippen molar-refractivity contribution >= 4 is 5.91 Å². The molecule has 2 heterocycles. The first-order valence-corrected chi connectivity index (χ1v) is 5.91. The number of aliphatic hydroxyl groups is 1. The molecule has 17 heavy (non-hydrogen) atoms. The molecule has 0 saturated carbocycles. The fourth-order valence-electron chi connectivity index (χ4n) is 2.36. The largest absolute Gasteiger partial charge is 0.387 e. The summed E-state index contributed by atoms with van der Waals surface area (Å²) < 4.78 is 0. The third-order valence-corrected chi connectivity index (χ3v) is 3.21. The number of aliphatic hydroxyl groups excluding tert-OH is 1. The summed E-state index contributed by atoms with van der Waals surface area (Å²) in [5, 5.41) is 9.00. The van der Waals surface area contributed by atoms with Gasteiger partial charge in [-0.05, 0) is 31.7 Å². The zero-order chi connectivity index (χ0) is 12.3. The zero-order valence-electron chi connectivity index (χ0n) is 9.96. The van der Waals surface area contributed by atoms with Crippen LogP contribution in [0.4, 0.5) is 0 Å². The first-order chi connectivity index (χ1) is 8.24. The molecule has 2 rings (SSSR count). The van der Waals surface area contributed by atoms with Crippen LogP contribution in [0.15, 0.2) is 12.5 Å². The molecule has 0 bridgehead atoms. The van der Waals surface area contributed by atoms with Gasteiger partial charge in [0.1, 0.15) is 12.9 Å². The van der Waals surface area contributed by atoms with Crippen LogP contribution in [0, 0.1) is 6.92 Å². The van der Waals surface area contributed by atoms with Gasteiger partial charge in [-0.1, -0.05) is 0 Å². The molecule has 0 spiro atoms. The van der Waals surface area contributed by atoms with Crippen molar-refractivity contribution in [1.29, 1.82) is 0 Å². The van der Waals surface area contributed by atoms with Gasteiger partial charge in [0.25, 0.3) is 0 Å². The van der Waals surface area contributed by atoms with E-state index in [0.717, 1.165) is 30.5 Å². The van der Waals surface area contributed by atoms with E-state index < -0.39 is 6.61 Å². The summed E-state index contributed by atoms with van der Waals surface area (Å²) in [7, 11) is 0. The number of likely N-dealkylation sites (tertiary alicyclic amines) is 1. The minimum Gasteiger partial charge on any atom is -0.387 e. The average molecular weight is 235 g/mol. The van der Waals surface area contributed by atoms with Crippen molar-refractivity contribution in [2.24, 2.45) is 0 Å². The monoisotopic (exact) mass is 235 g/mol. The predicted octanol–water partition coefficient (Wildman–Crippen LogP) is 0.831. The van der Waals surface area contributed by atoms with Crippen LogP contribution in [0.2, 0.25) is 0 Å². The second-order valence-corrected chi connectivity index (χ2v) is 4.35. The van der Waals surface area contributed by atoms with Crippen molar-refractivity contribution in [2.45, 2.75) is 32.2 Å². The van der Waals surface area contributed by atoms with E-state index in [1.54, 1.807) is 11.1 Å². The van der Waals surface area contributed by atoms with Crippen LogP contribution < -0.4 is 0 Å². The highest BCUT2D eigenvalue weighted by Crippen LogP contribution is 2.30. The molecule has 1 aromatic rings. The van der Waals surface area contributed by atoms with E-state index in [-0.39, 0.29) is 11.9 Å². The number of carbonyl (C=O) groups is 1.